The molecule has 0 aliphatic carbocycles. The first kappa shape index (κ1) is 18.9. The molecule has 1 aromatic heterocycles. The third-order valence-corrected chi connectivity index (χ3v) is 5.40. The molecule has 2 fully saturated rings. The van der Waals surface area contributed by atoms with E-state index in [1.54, 1.807) is 18.3 Å². The van der Waals surface area contributed by atoms with E-state index in [1.807, 2.05) is 35.2 Å². The highest BCUT2D eigenvalue weighted by atomic mass is 16.5. The van der Waals surface area contributed by atoms with Gasteiger partial charge in [0.1, 0.15) is 11.8 Å². The van der Waals surface area contributed by atoms with Gasteiger partial charge in [-0.05, 0) is 37.5 Å². The normalized spacial score (nSPS) is 25.0. The topological polar surface area (TPSA) is 86.7 Å². The molecule has 148 valence electrons. The summed E-state index contributed by atoms with van der Waals surface area (Å²) >= 11 is 0. The minimum atomic E-state index is -0.306. The summed E-state index contributed by atoms with van der Waals surface area (Å²) in [6.07, 6.45) is 4.28. The Labute approximate surface area is 164 Å². The van der Waals surface area contributed by atoms with Crippen molar-refractivity contribution in [2.24, 2.45) is 0 Å². The number of piperidine rings is 1. The van der Waals surface area contributed by atoms with Gasteiger partial charge in [0.15, 0.2) is 0 Å². The quantitative estimate of drug-likeness (QED) is 0.732. The molecule has 3 unspecified atom stereocenters. The van der Waals surface area contributed by atoms with E-state index < -0.39 is 0 Å². The average Bonchev–Trinajstić information content (AvgIpc) is 3.23. The van der Waals surface area contributed by atoms with Crippen molar-refractivity contribution in [1.82, 2.24) is 20.7 Å². The van der Waals surface area contributed by atoms with E-state index in [4.69, 9.17) is 4.74 Å². The van der Waals surface area contributed by atoms with Crippen molar-refractivity contribution >= 4 is 5.91 Å². The van der Waals surface area contributed by atoms with Crippen LogP contribution in [0.15, 0.2) is 48.7 Å². The van der Waals surface area contributed by atoms with Crippen LogP contribution >= 0.6 is 0 Å². The van der Waals surface area contributed by atoms with Crippen LogP contribution in [-0.4, -0.2) is 46.1 Å². The van der Waals surface area contributed by atoms with Crippen LogP contribution in [0.25, 0.3) is 0 Å². The summed E-state index contributed by atoms with van der Waals surface area (Å²) in [5.41, 5.74) is 7.95. The Bertz CT molecular complexity index is 801. The standard InChI is InChI=1S/C21H26N4O3/c26-20-9-2-1-8-17(20)18-12-19(24-23-18)21(27)25-11-5-7-16(13-25)28-14-15-6-3-4-10-22-15/h1-4,6,8-10,16,18-19,23-24,26H,5,7,11-14H2. The van der Waals surface area contributed by atoms with Crippen LogP contribution in [0.3, 0.4) is 0 Å². The van der Waals surface area contributed by atoms with E-state index >= 15 is 0 Å². The molecule has 7 nitrogen and oxygen atoms in total. The number of pyridine rings is 1. The van der Waals surface area contributed by atoms with Crippen LogP contribution in [0.2, 0.25) is 0 Å². The minimum Gasteiger partial charge on any atom is -0.508 e. The van der Waals surface area contributed by atoms with Crippen molar-refractivity contribution in [3.63, 3.8) is 0 Å². The number of hydrogen-bond donors (Lipinski definition) is 3. The maximum Gasteiger partial charge on any atom is 0.241 e. The van der Waals surface area contributed by atoms with Gasteiger partial charge in [0.25, 0.3) is 0 Å². The molecule has 0 saturated carbocycles. The molecular formula is C21H26N4O3. The maximum atomic E-state index is 13.0. The molecule has 7 heteroatoms. The Hall–Kier alpha value is -2.48. The highest BCUT2D eigenvalue weighted by Crippen LogP contribution is 2.30. The van der Waals surface area contributed by atoms with Gasteiger partial charge in [-0.25, -0.2) is 10.9 Å². The predicted octanol–water partition coefficient (Wildman–Crippen LogP) is 1.90. The number of nitrogens with zero attached hydrogens (tertiary/aromatic N) is 2. The summed E-state index contributed by atoms with van der Waals surface area (Å²) in [7, 11) is 0. The van der Waals surface area contributed by atoms with E-state index in [1.165, 1.54) is 0 Å². The fraction of sp³-hybridized carbons (Fsp3) is 0.429. The zero-order valence-corrected chi connectivity index (χ0v) is 15.8. The monoisotopic (exact) mass is 382 g/mol. The van der Waals surface area contributed by atoms with E-state index in [0.29, 0.717) is 19.6 Å². The number of benzene rings is 1. The third-order valence-electron chi connectivity index (χ3n) is 5.40. The molecule has 0 spiro atoms. The number of hydrogen-bond acceptors (Lipinski definition) is 6. The van der Waals surface area contributed by atoms with Crippen LogP contribution < -0.4 is 10.9 Å². The zero-order chi connectivity index (χ0) is 19.3. The van der Waals surface area contributed by atoms with Gasteiger partial charge in [0.2, 0.25) is 5.91 Å². The Morgan fingerprint density at radius 3 is 2.89 bits per heavy atom. The third kappa shape index (κ3) is 4.32. The van der Waals surface area contributed by atoms with E-state index in [-0.39, 0.29) is 29.8 Å². The molecule has 3 heterocycles. The predicted molar refractivity (Wildman–Crippen MR) is 104 cm³/mol. The summed E-state index contributed by atoms with van der Waals surface area (Å²) in [6, 6.07) is 12.6. The summed E-state index contributed by atoms with van der Waals surface area (Å²) in [5.74, 6) is 0.326. The van der Waals surface area contributed by atoms with E-state index in [2.05, 4.69) is 15.8 Å². The first-order valence-corrected chi connectivity index (χ1v) is 9.80. The molecule has 1 amide bonds. The van der Waals surface area contributed by atoms with E-state index in [9.17, 15) is 9.90 Å². The van der Waals surface area contributed by atoms with Gasteiger partial charge in [-0.2, -0.15) is 0 Å². The molecule has 2 aliphatic heterocycles. The molecule has 28 heavy (non-hydrogen) atoms. The molecule has 3 N–H and O–H groups in total. The number of phenols is 1. The highest BCUT2D eigenvalue weighted by molar-refractivity contribution is 5.82. The highest BCUT2D eigenvalue weighted by Gasteiger charge is 2.35. The van der Waals surface area contributed by atoms with Crippen molar-refractivity contribution in [2.45, 2.75) is 44.1 Å². The second-order valence-corrected chi connectivity index (χ2v) is 7.37. The number of hydrazine groups is 1. The molecule has 2 saturated heterocycles. The number of rotatable bonds is 5. The number of aromatic hydroxyl groups is 1. The van der Waals surface area contributed by atoms with Crippen LogP contribution in [0.4, 0.5) is 0 Å². The van der Waals surface area contributed by atoms with Gasteiger partial charge in [0.05, 0.1) is 24.4 Å². The van der Waals surface area contributed by atoms with Gasteiger partial charge in [0, 0.05) is 24.8 Å². The van der Waals surface area contributed by atoms with Gasteiger partial charge in [-0.3, -0.25) is 9.78 Å². The summed E-state index contributed by atoms with van der Waals surface area (Å²) in [5, 5.41) is 10.0. The number of likely N-dealkylation sites (tertiary alicyclic amines) is 1. The van der Waals surface area contributed by atoms with Crippen molar-refractivity contribution in [1.29, 1.82) is 0 Å². The van der Waals surface area contributed by atoms with Crippen molar-refractivity contribution < 1.29 is 14.6 Å². The fourth-order valence-electron chi connectivity index (χ4n) is 3.89. The molecule has 3 atom stereocenters. The Morgan fingerprint density at radius 1 is 1.21 bits per heavy atom. The summed E-state index contributed by atoms with van der Waals surface area (Å²) in [6.45, 7) is 1.82. The van der Waals surface area contributed by atoms with Crippen molar-refractivity contribution in [3.8, 4) is 5.75 Å². The lowest BCUT2D eigenvalue weighted by molar-refractivity contribution is -0.137. The van der Waals surface area contributed by atoms with Crippen LogP contribution in [-0.2, 0) is 16.1 Å². The summed E-state index contributed by atoms with van der Waals surface area (Å²) in [4.78, 5) is 19.1. The molecule has 0 radical (unpaired) electrons. The first-order chi connectivity index (χ1) is 13.7. The maximum absolute atomic E-state index is 13.0. The van der Waals surface area contributed by atoms with Gasteiger partial charge >= 0.3 is 0 Å². The van der Waals surface area contributed by atoms with Crippen molar-refractivity contribution in [3.05, 3.63) is 59.9 Å². The number of para-hydroxylation sites is 1. The fourth-order valence-corrected chi connectivity index (χ4v) is 3.89. The van der Waals surface area contributed by atoms with Gasteiger partial charge in [-0.15, -0.1) is 0 Å². The summed E-state index contributed by atoms with van der Waals surface area (Å²) < 4.78 is 5.99. The molecule has 1 aromatic carbocycles. The second-order valence-electron chi connectivity index (χ2n) is 7.37. The number of nitrogens with one attached hydrogen (secondary N) is 2. The lowest BCUT2D eigenvalue weighted by Crippen LogP contribution is -2.50. The number of aromatic nitrogens is 1. The van der Waals surface area contributed by atoms with Crippen LogP contribution in [0.5, 0.6) is 5.75 Å². The molecule has 2 aromatic rings. The Kier molecular flexibility index (Phi) is 5.85. The Morgan fingerprint density at radius 2 is 2.07 bits per heavy atom. The number of carbonyl (C=O) groups is 1. The Balaban J connectivity index is 1.31. The van der Waals surface area contributed by atoms with E-state index in [0.717, 1.165) is 30.6 Å². The second kappa shape index (κ2) is 8.68. The van der Waals surface area contributed by atoms with Crippen molar-refractivity contribution in [2.75, 3.05) is 13.1 Å². The number of carbonyl (C=O) groups excluding carboxylic acids is 1. The lowest BCUT2D eigenvalue weighted by Gasteiger charge is -2.34. The number of amides is 1. The SMILES string of the molecule is O=C(C1CC(c2ccccc2O)NN1)N1CCCC(OCc2ccccn2)C1. The van der Waals surface area contributed by atoms with Gasteiger partial charge in [-0.1, -0.05) is 24.3 Å². The number of phenolic OH excluding ortho intramolecular Hbond substituents is 1. The molecule has 0 bridgehead atoms. The average molecular weight is 382 g/mol. The molecular weight excluding hydrogens is 356 g/mol. The first-order valence-electron chi connectivity index (χ1n) is 9.80. The zero-order valence-electron chi connectivity index (χ0n) is 15.8. The number of ether oxygens (including phenoxy) is 1. The minimum absolute atomic E-state index is 0.0306. The van der Waals surface area contributed by atoms with Crippen LogP contribution in [0, 0.1) is 0 Å². The largest absolute Gasteiger partial charge is 0.508 e. The molecule has 4 rings (SSSR count). The smallest absolute Gasteiger partial charge is 0.241 e. The van der Waals surface area contributed by atoms with Gasteiger partial charge < -0.3 is 14.7 Å². The molecule has 2 aliphatic rings. The lowest BCUT2D eigenvalue weighted by atomic mass is 9.99. The van der Waals surface area contributed by atoms with Crippen LogP contribution in [0.1, 0.15) is 36.6 Å².